The van der Waals surface area contributed by atoms with Crippen LogP contribution >= 0.6 is 0 Å². The van der Waals surface area contributed by atoms with E-state index in [4.69, 9.17) is 9.47 Å². The van der Waals surface area contributed by atoms with Crippen LogP contribution in [-0.4, -0.2) is 36.0 Å². The zero-order valence-electron chi connectivity index (χ0n) is 22.2. The van der Waals surface area contributed by atoms with Crippen LogP contribution < -0.4 is 15.4 Å². The highest BCUT2D eigenvalue weighted by atomic mass is 16.6. The second-order valence-corrected chi connectivity index (χ2v) is 9.53. The van der Waals surface area contributed by atoms with Crippen molar-refractivity contribution in [2.75, 3.05) is 17.7 Å². The van der Waals surface area contributed by atoms with Gasteiger partial charge in [-0.25, -0.2) is 4.79 Å². The van der Waals surface area contributed by atoms with Gasteiger partial charge in [0.2, 0.25) is 0 Å². The molecule has 0 bridgehead atoms. The third-order valence-electron chi connectivity index (χ3n) is 6.68. The van der Waals surface area contributed by atoms with Crippen LogP contribution in [0.5, 0.6) is 5.75 Å². The summed E-state index contributed by atoms with van der Waals surface area (Å²) in [6, 6.07) is 29.7. The number of amides is 3. The predicted molar refractivity (Wildman–Crippen MR) is 152 cm³/mol. The lowest BCUT2D eigenvalue weighted by atomic mass is 10.00. The minimum Gasteiger partial charge on any atom is -0.497 e. The number of ether oxygens (including phenoxy) is 2. The molecule has 3 amide bonds. The average Bonchev–Trinajstić information content (AvgIpc) is 3.29. The van der Waals surface area contributed by atoms with E-state index >= 15 is 0 Å². The van der Waals surface area contributed by atoms with Gasteiger partial charge in [0.25, 0.3) is 11.8 Å². The third kappa shape index (κ3) is 5.96. The molecule has 40 heavy (non-hydrogen) atoms. The van der Waals surface area contributed by atoms with Gasteiger partial charge in [-0.3, -0.25) is 14.5 Å². The maximum Gasteiger partial charge on any atom is 0.411 e. The minimum absolute atomic E-state index is 0.222. The van der Waals surface area contributed by atoms with E-state index in [0.717, 1.165) is 11.1 Å². The molecule has 1 saturated heterocycles. The summed E-state index contributed by atoms with van der Waals surface area (Å²) < 4.78 is 10.9. The average molecular weight is 536 g/mol. The molecule has 202 valence electrons. The number of cyclic esters (lactones) is 1. The third-order valence-corrected chi connectivity index (χ3v) is 6.68. The van der Waals surface area contributed by atoms with E-state index in [-0.39, 0.29) is 18.4 Å². The molecule has 2 atom stereocenters. The number of nitrogens with zero attached hydrogens (tertiary/aromatic N) is 1. The van der Waals surface area contributed by atoms with Crippen LogP contribution in [0.25, 0.3) is 0 Å². The van der Waals surface area contributed by atoms with Crippen LogP contribution in [-0.2, 0) is 16.1 Å². The number of hydrogen-bond acceptors (Lipinski definition) is 5. The van der Waals surface area contributed by atoms with Crippen LogP contribution in [0.4, 0.5) is 16.2 Å². The Morgan fingerprint density at radius 1 is 0.850 bits per heavy atom. The topological polar surface area (TPSA) is 97.0 Å². The summed E-state index contributed by atoms with van der Waals surface area (Å²) in [7, 11) is 1.57. The largest absolute Gasteiger partial charge is 0.497 e. The quantitative estimate of drug-likeness (QED) is 0.290. The molecule has 1 fully saturated rings. The number of hydrogen-bond donors (Lipinski definition) is 2. The molecule has 2 unspecified atom stereocenters. The van der Waals surface area contributed by atoms with Crippen LogP contribution in [0.15, 0.2) is 103 Å². The molecular weight excluding hydrogens is 506 g/mol. The smallest absolute Gasteiger partial charge is 0.411 e. The van der Waals surface area contributed by atoms with Crippen molar-refractivity contribution >= 4 is 29.3 Å². The highest BCUT2D eigenvalue weighted by Gasteiger charge is 2.47. The molecule has 2 N–H and O–H groups in total. The monoisotopic (exact) mass is 535 g/mol. The van der Waals surface area contributed by atoms with Crippen molar-refractivity contribution in [1.29, 1.82) is 0 Å². The number of aryl methyl sites for hydroxylation is 1. The lowest BCUT2D eigenvalue weighted by molar-refractivity contribution is -0.121. The first kappa shape index (κ1) is 26.5. The van der Waals surface area contributed by atoms with E-state index in [1.54, 1.807) is 67.8 Å². The highest BCUT2D eigenvalue weighted by molar-refractivity contribution is 6.04. The maximum atomic E-state index is 13.6. The van der Waals surface area contributed by atoms with Gasteiger partial charge in [0, 0.05) is 16.9 Å². The lowest BCUT2D eigenvalue weighted by Gasteiger charge is -2.24. The van der Waals surface area contributed by atoms with Crippen molar-refractivity contribution in [3.05, 3.63) is 125 Å². The highest BCUT2D eigenvalue weighted by Crippen LogP contribution is 2.35. The Balaban J connectivity index is 1.37. The van der Waals surface area contributed by atoms with Gasteiger partial charge < -0.3 is 20.1 Å². The number of benzene rings is 4. The molecule has 0 aromatic heterocycles. The Morgan fingerprint density at radius 2 is 1.55 bits per heavy atom. The number of carbonyl (C=O) groups excluding carboxylic acids is 3. The maximum absolute atomic E-state index is 13.6. The summed E-state index contributed by atoms with van der Waals surface area (Å²) in [6.45, 7) is 2.20. The van der Waals surface area contributed by atoms with Crippen LogP contribution in [0, 0.1) is 6.92 Å². The Bertz CT molecular complexity index is 1500. The second kappa shape index (κ2) is 11.7. The number of carbonyl (C=O) groups is 3. The van der Waals surface area contributed by atoms with E-state index in [1.807, 2.05) is 49.4 Å². The second-order valence-electron chi connectivity index (χ2n) is 9.53. The van der Waals surface area contributed by atoms with Gasteiger partial charge in [-0.15, -0.1) is 0 Å². The molecular formula is C32H29N3O5. The zero-order chi connectivity index (χ0) is 28.1. The molecule has 0 saturated carbocycles. The van der Waals surface area contributed by atoms with E-state index in [2.05, 4.69) is 10.6 Å². The van der Waals surface area contributed by atoms with E-state index in [0.29, 0.717) is 28.3 Å². The Kier molecular flexibility index (Phi) is 7.77. The summed E-state index contributed by atoms with van der Waals surface area (Å²) in [5.41, 5.74) is 4.26. The first-order valence-corrected chi connectivity index (χ1v) is 12.9. The van der Waals surface area contributed by atoms with Gasteiger partial charge in [-0.05, 0) is 66.6 Å². The Morgan fingerprint density at radius 3 is 2.23 bits per heavy atom. The number of methoxy groups -OCH3 is 1. The fourth-order valence-electron chi connectivity index (χ4n) is 4.66. The van der Waals surface area contributed by atoms with Crippen molar-refractivity contribution in [1.82, 2.24) is 4.90 Å². The van der Waals surface area contributed by atoms with Gasteiger partial charge in [0.1, 0.15) is 5.75 Å². The van der Waals surface area contributed by atoms with Crippen LogP contribution in [0.2, 0.25) is 0 Å². The van der Waals surface area contributed by atoms with Crippen molar-refractivity contribution in [2.45, 2.75) is 25.6 Å². The molecule has 8 nitrogen and oxygen atoms in total. The Labute approximate surface area is 232 Å². The summed E-state index contributed by atoms with van der Waals surface area (Å²) in [5, 5.41) is 5.77. The molecule has 0 radical (unpaired) electrons. The van der Waals surface area contributed by atoms with Gasteiger partial charge in [-0.1, -0.05) is 60.2 Å². The van der Waals surface area contributed by atoms with Gasteiger partial charge in [0.15, 0.2) is 12.1 Å². The minimum atomic E-state index is -0.909. The van der Waals surface area contributed by atoms with Crippen LogP contribution in [0.3, 0.4) is 0 Å². The lowest BCUT2D eigenvalue weighted by Crippen LogP contribution is -2.43. The van der Waals surface area contributed by atoms with Crippen molar-refractivity contribution < 1.29 is 23.9 Å². The first-order valence-electron chi connectivity index (χ1n) is 12.9. The number of rotatable bonds is 8. The number of para-hydroxylation sites is 1. The van der Waals surface area contributed by atoms with Crippen molar-refractivity contribution in [3.63, 3.8) is 0 Å². The fourth-order valence-corrected chi connectivity index (χ4v) is 4.66. The molecule has 0 aliphatic carbocycles. The normalized spacial score (nSPS) is 16.2. The predicted octanol–water partition coefficient (Wildman–Crippen LogP) is 5.96. The summed E-state index contributed by atoms with van der Waals surface area (Å²) in [6.07, 6.45) is -1.41. The molecule has 1 aliphatic heterocycles. The van der Waals surface area contributed by atoms with E-state index < -0.39 is 18.2 Å². The Hall–Kier alpha value is -5.11. The van der Waals surface area contributed by atoms with Gasteiger partial charge in [-0.2, -0.15) is 0 Å². The van der Waals surface area contributed by atoms with Gasteiger partial charge in [0.05, 0.1) is 13.7 Å². The standard InChI is InChI=1S/C32H29N3O5/c1-21-7-6-8-22(19-21)20-35-28(31(37)34-25-9-4-3-5-10-25)29(40-32(35)38)23-11-15-26(16-12-23)33-30(36)24-13-17-27(39-2)18-14-24/h3-19,28-29H,20H2,1-2H3,(H,33,36)(H,34,37). The summed E-state index contributed by atoms with van der Waals surface area (Å²) >= 11 is 0. The van der Waals surface area contributed by atoms with Crippen LogP contribution in [0.1, 0.15) is 33.2 Å². The fraction of sp³-hybridized carbons (Fsp3) is 0.156. The zero-order valence-corrected chi connectivity index (χ0v) is 22.2. The van der Waals surface area contributed by atoms with Crippen molar-refractivity contribution in [2.24, 2.45) is 0 Å². The molecule has 0 spiro atoms. The molecule has 5 rings (SSSR count). The summed E-state index contributed by atoms with van der Waals surface area (Å²) in [4.78, 5) is 40.8. The van der Waals surface area contributed by atoms with Crippen molar-refractivity contribution in [3.8, 4) is 5.75 Å². The van der Waals surface area contributed by atoms with E-state index in [1.165, 1.54) is 4.90 Å². The van der Waals surface area contributed by atoms with E-state index in [9.17, 15) is 14.4 Å². The number of nitrogens with one attached hydrogen (secondary N) is 2. The SMILES string of the molecule is COc1ccc(C(=O)Nc2ccc(C3OC(=O)N(Cc4cccc(C)c4)C3C(=O)Nc3ccccc3)cc2)cc1. The molecule has 4 aromatic carbocycles. The first-order chi connectivity index (χ1) is 19.4. The molecule has 4 aromatic rings. The van der Waals surface area contributed by atoms with Gasteiger partial charge >= 0.3 is 6.09 Å². The molecule has 1 heterocycles. The molecule has 1 aliphatic rings. The number of anilines is 2. The summed E-state index contributed by atoms with van der Waals surface area (Å²) in [5.74, 6) is 0.0352. The molecule has 8 heteroatoms.